The number of halogens is 6. The largest absolute Gasteiger partial charge is 0.410 e. The van der Waals surface area contributed by atoms with Crippen LogP contribution in [-0.2, 0) is 0 Å². The number of hydrogen-bond acceptors (Lipinski definition) is 3. The number of aromatic nitrogens is 2. The zero-order valence-electron chi connectivity index (χ0n) is 15.6. The number of amides is 1. The van der Waals surface area contributed by atoms with Crippen LogP contribution in [0.1, 0.15) is 34.6 Å². The van der Waals surface area contributed by atoms with Crippen LogP contribution in [0.3, 0.4) is 0 Å². The van der Waals surface area contributed by atoms with Crippen LogP contribution in [0, 0.1) is 0 Å². The van der Waals surface area contributed by atoms with Crippen LogP contribution in [0.25, 0.3) is 0 Å². The molecule has 0 unspecified atom stereocenters. The minimum atomic E-state index is -4.57. The van der Waals surface area contributed by atoms with Gasteiger partial charge in [-0.2, -0.15) is 18.3 Å². The Morgan fingerprint density at radius 3 is 2.26 bits per heavy atom. The molecule has 4 rings (SSSR count). The smallest absolute Gasteiger partial charge is 0.362 e. The number of alkyl halides is 3. The second-order valence-electron chi connectivity index (χ2n) is 6.96. The molecular formula is C20H14Br2ClF3N4O. The lowest BCUT2D eigenvalue weighted by atomic mass is 9.97. The van der Waals surface area contributed by atoms with Gasteiger partial charge in [0, 0.05) is 21.1 Å². The number of hydrogen-bond donors (Lipinski definition) is 2. The first-order chi connectivity index (χ1) is 14.6. The van der Waals surface area contributed by atoms with Crippen LogP contribution in [0.2, 0.25) is 5.02 Å². The van der Waals surface area contributed by atoms with E-state index in [1.54, 1.807) is 48.5 Å². The summed E-state index contributed by atoms with van der Waals surface area (Å²) in [6.45, 7) is 0. The van der Waals surface area contributed by atoms with Gasteiger partial charge in [0.1, 0.15) is 10.8 Å². The molecule has 0 bridgehead atoms. The minimum Gasteiger partial charge on any atom is -0.362 e. The zero-order valence-corrected chi connectivity index (χ0v) is 19.5. The highest BCUT2D eigenvalue weighted by Crippen LogP contribution is 2.46. The molecule has 2 heterocycles. The lowest BCUT2D eigenvalue weighted by Gasteiger charge is -2.33. The molecule has 0 fully saturated rings. The maximum Gasteiger partial charge on any atom is 0.410 e. The topological polar surface area (TPSA) is 59.0 Å². The molecule has 0 saturated carbocycles. The van der Waals surface area contributed by atoms with E-state index in [1.165, 1.54) is 0 Å². The van der Waals surface area contributed by atoms with Gasteiger partial charge < -0.3 is 10.6 Å². The quantitative estimate of drug-likeness (QED) is 0.353. The molecule has 1 amide bonds. The molecule has 0 saturated heterocycles. The Labute approximate surface area is 197 Å². The monoisotopic (exact) mass is 576 g/mol. The molecule has 11 heteroatoms. The van der Waals surface area contributed by atoms with Crippen molar-refractivity contribution in [1.29, 1.82) is 0 Å². The first-order valence-corrected chi connectivity index (χ1v) is 11.0. The molecule has 2 atom stereocenters. The molecule has 1 aromatic heterocycles. The lowest BCUT2D eigenvalue weighted by Crippen LogP contribution is -2.35. The highest BCUT2D eigenvalue weighted by molar-refractivity contribution is 9.10. The molecule has 1 aliphatic heterocycles. The van der Waals surface area contributed by atoms with Gasteiger partial charge in [0.25, 0.3) is 5.91 Å². The Morgan fingerprint density at radius 1 is 1.10 bits per heavy atom. The summed E-state index contributed by atoms with van der Waals surface area (Å²) in [6, 6.07) is 11.1. The molecular weight excluding hydrogens is 565 g/mol. The number of rotatable bonds is 3. The van der Waals surface area contributed by atoms with Gasteiger partial charge >= 0.3 is 6.18 Å². The van der Waals surface area contributed by atoms with Crippen LogP contribution in [0.15, 0.2) is 57.5 Å². The van der Waals surface area contributed by atoms with Crippen molar-refractivity contribution in [2.75, 3.05) is 10.6 Å². The maximum atomic E-state index is 13.9. The Morgan fingerprint density at radius 2 is 1.68 bits per heavy atom. The fraction of sp³-hybridized carbons (Fsp3) is 0.200. The number of fused-ring (bicyclic) bond motifs is 1. The fourth-order valence-corrected chi connectivity index (χ4v) is 4.17. The molecule has 5 nitrogen and oxygen atoms in total. The predicted molar refractivity (Wildman–Crippen MR) is 120 cm³/mol. The zero-order chi connectivity index (χ0) is 22.3. The second-order valence-corrected chi connectivity index (χ2v) is 9.17. The van der Waals surface area contributed by atoms with Crippen molar-refractivity contribution in [3.63, 3.8) is 0 Å². The summed E-state index contributed by atoms with van der Waals surface area (Å²) in [4.78, 5) is 12.7. The Kier molecular flexibility index (Phi) is 6.06. The number of carbonyl (C=O) groups is 1. The summed E-state index contributed by atoms with van der Waals surface area (Å²) in [5.74, 6) is -0.735. The van der Waals surface area contributed by atoms with Crippen LogP contribution < -0.4 is 10.6 Å². The van der Waals surface area contributed by atoms with E-state index in [1.807, 2.05) is 0 Å². The molecule has 1 aliphatic rings. The number of carbonyl (C=O) groups excluding carboxylic acids is 1. The third-order valence-electron chi connectivity index (χ3n) is 4.89. The second kappa shape index (κ2) is 8.48. The molecule has 2 N–H and O–H groups in total. The van der Waals surface area contributed by atoms with E-state index in [4.69, 9.17) is 11.6 Å². The van der Waals surface area contributed by atoms with Crippen molar-refractivity contribution in [1.82, 2.24) is 9.78 Å². The number of nitrogens with zero attached hydrogens (tertiary/aromatic N) is 2. The SMILES string of the molecule is O=C(Nc1ccc(Br)cc1)c1nn2c(c1Cl)N[C@H](c1ccc(Br)cc1)C[C@@H]2C(F)(F)F. The molecule has 31 heavy (non-hydrogen) atoms. The molecule has 0 spiro atoms. The Balaban J connectivity index is 1.69. The third-order valence-corrected chi connectivity index (χ3v) is 6.30. The molecule has 0 aliphatic carbocycles. The summed E-state index contributed by atoms with van der Waals surface area (Å²) in [7, 11) is 0. The van der Waals surface area contributed by atoms with Gasteiger partial charge in [-0.25, -0.2) is 4.68 Å². The van der Waals surface area contributed by atoms with Gasteiger partial charge in [0.2, 0.25) is 0 Å². The maximum absolute atomic E-state index is 13.9. The van der Waals surface area contributed by atoms with E-state index >= 15 is 0 Å². The van der Waals surface area contributed by atoms with Gasteiger partial charge in [-0.05, 0) is 42.0 Å². The number of benzene rings is 2. The van der Waals surface area contributed by atoms with E-state index < -0.39 is 24.2 Å². The van der Waals surface area contributed by atoms with Crippen LogP contribution in [0.4, 0.5) is 24.7 Å². The van der Waals surface area contributed by atoms with Crippen molar-refractivity contribution < 1.29 is 18.0 Å². The van der Waals surface area contributed by atoms with Gasteiger partial charge in [-0.1, -0.05) is 55.6 Å². The summed E-state index contributed by atoms with van der Waals surface area (Å²) >= 11 is 12.9. The highest BCUT2D eigenvalue weighted by atomic mass is 79.9. The Hall–Kier alpha value is -2.04. The van der Waals surface area contributed by atoms with Crippen molar-refractivity contribution in [2.45, 2.75) is 24.7 Å². The average Bonchev–Trinajstić information content (AvgIpc) is 3.05. The van der Waals surface area contributed by atoms with E-state index in [9.17, 15) is 18.0 Å². The molecule has 0 radical (unpaired) electrons. The minimum absolute atomic E-state index is 0.0379. The van der Waals surface area contributed by atoms with E-state index in [2.05, 4.69) is 47.6 Å². The fourth-order valence-electron chi connectivity index (χ4n) is 3.37. The normalized spacial score (nSPS) is 18.3. The summed E-state index contributed by atoms with van der Waals surface area (Å²) < 4.78 is 44.0. The molecule has 3 aromatic rings. The van der Waals surface area contributed by atoms with E-state index in [-0.39, 0.29) is 23.0 Å². The first-order valence-electron chi connectivity index (χ1n) is 9.07. The summed E-state index contributed by atoms with van der Waals surface area (Å²) in [5.41, 5.74) is 0.850. The summed E-state index contributed by atoms with van der Waals surface area (Å²) in [5, 5.41) is 9.39. The predicted octanol–water partition coefficient (Wildman–Crippen LogP) is 6.97. The number of anilines is 2. The summed E-state index contributed by atoms with van der Waals surface area (Å²) in [6.07, 6.45) is -4.86. The Bertz CT molecular complexity index is 1120. The van der Waals surface area contributed by atoms with E-state index in [0.717, 1.165) is 13.6 Å². The van der Waals surface area contributed by atoms with Gasteiger partial charge in [0.15, 0.2) is 11.7 Å². The molecule has 2 aromatic carbocycles. The van der Waals surface area contributed by atoms with Crippen molar-refractivity contribution in [3.05, 3.63) is 73.8 Å². The van der Waals surface area contributed by atoms with Crippen molar-refractivity contribution in [3.8, 4) is 0 Å². The highest BCUT2D eigenvalue weighted by Gasteiger charge is 2.47. The van der Waals surface area contributed by atoms with Crippen molar-refractivity contribution >= 4 is 60.9 Å². The first kappa shape index (κ1) is 22.2. The van der Waals surface area contributed by atoms with Gasteiger partial charge in [0.05, 0.1) is 6.04 Å². The average molecular weight is 579 g/mol. The van der Waals surface area contributed by atoms with Crippen LogP contribution in [0.5, 0.6) is 0 Å². The van der Waals surface area contributed by atoms with Crippen molar-refractivity contribution in [2.24, 2.45) is 0 Å². The third kappa shape index (κ3) is 4.61. The van der Waals surface area contributed by atoms with Gasteiger partial charge in [-0.3, -0.25) is 4.79 Å². The standard InChI is InChI=1S/C20H14Br2ClF3N4O/c21-11-3-1-10(2-4-11)14-9-15(20(24,25)26)30-18(28-14)16(23)17(29-30)19(31)27-13-7-5-12(22)6-8-13/h1-8,14-15,28H,9H2,(H,27,31)/t14-,15+/m0/s1. The lowest BCUT2D eigenvalue weighted by molar-refractivity contribution is -0.173. The van der Waals surface area contributed by atoms with Crippen LogP contribution >= 0.6 is 43.5 Å². The number of nitrogens with one attached hydrogen (secondary N) is 2. The van der Waals surface area contributed by atoms with E-state index in [0.29, 0.717) is 11.3 Å². The molecule has 162 valence electrons. The van der Waals surface area contributed by atoms with Crippen LogP contribution in [-0.4, -0.2) is 21.9 Å². The van der Waals surface area contributed by atoms with Gasteiger partial charge in [-0.15, -0.1) is 0 Å².